The number of benzene rings is 2. The van der Waals surface area contributed by atoms with E-state index in [1.54, 1.807) is 6.07 Å². The number of phenolic OH excluding ortho intramolecular Hbond substituents is 1. The molecule has 0 atom stereocenters. The van der Waals surface area contributed by atoms with Gasteiger partial charge in [0, 0.05) is 9.13 Å². The van der Waals surface area contributed by atoms with Gasteiger partial charge in [-0.15, -0.1) is 0 Å². The maximum atomic E-state index is 9.74. The molecule has 0 radical (unpaired) electrons. The number of hydrogen-bond donors (Lipinski definition) is 1. The Bertz CT molecular complexity index is 437. The fraction of sp³-hybridized carbons (Fsp3) is 0. The van der Waals surface area contributed by atoms with Crippen LogP contribution in [0.3, 0.4) is 0 Å². The first-order valence-electron chi connectivity index (χ1n) is 4.31. The third kappa shape index (κ3) is 1.90. The van der Waals surface area contributed by atoms with Crippen LogP contribution in [0.15, 0.2) is 48.5 Å². The van der Waals surface area contributed by atoms with Crippen molar-refractivity contribution in [3.63, 3.8) is 0 Å². The average molecular weight is 296 g/mol. The number of hydrogen-bond acceptors (Lipinski definition) is 1. The molecule has 0 bridgehead atoms. The molecule has 0 aliphatic heterocycles. The average Bonchev–Trinajstić information content (AvgIpc) is 2.19. The highest BCUT2D eigenvalue weighted by Crippen LogP contribution is 2.29. The quantitative estimate of drug-likeness (QED) is 0.796. The molecule has 0 fully saturated rings. The van der Waals surface area contributed by atoms with Crippen LogP contribution in [0.1, 0.15) is 0 Å². The van der Waals surface area contributed by atoms with Gasteiger partial charge in [0.05, 0.1) is 0 Å². The van der Waals surface area contributed by atoms with Gasteiger partial charge < -0.3 is 5.11 Å². The Balaban J connectivity index is 2.53. The Morgan fingerprint density at radius 1 is 0.929 bits per heavy atom. The second kappa shape index (κ2) is 4.00. The molecule has 0 saturated carbocycles. The molecule has 70 valence electrons. The van der Waals surface area contributed by atoms with Crippen molar-refractivity contribution in [3.05, 3.63) is 52.1 Å². The number of rotatable bonds is 1. The summed E-state index contributed by atoms with van der Waals surface area (Å²) in [5.41, 5.74) is 1.92. The van der Waals surface area contributed by atoms with Crippen LogP contribution >= 0.6 is 22.6 Å². The van der Waals surface area contributed by atoms with Crippen LogP contribution in [0, 0.1) is 3.57 Å². The summed E-state index contributed by atoms with van der Waals surface area (Å²) in [7, 11) is 0. The topological polar surface area (TPSA) is 20.2 Å². The second-order valence-electron chi connectivity index (χ2n) is 3.03. The molecule has 0 unspecified atom stereocenters. The molecule has 2 heteroatoms. The molecule has 2 rings (SSSR count). The summed E-state index contributed by atoms with van der Waals surface area (Å²) in [6.45, 7) is 0. The Kier molecular flexibility index (Phi) is 2.72. The molecule has 0 aliphatic rings. The molecular weight excluding hydrogens is 287 g/mol. The minimum atomic E-state index is 0.336. The van der Waals surface area contributed by atoms with E-state index in [1.807, 2.05) is 42.5 Å². The van der Waals surface area contributed by atoms with Gasteiger partial charge in [-0.05, 0) is 46.4 Å². The lowest BCUT2D eigenvalue weighted by Gasteiger charge is -2.04. The van der Waals surface area contributed by atoms with Gasteiger partial charge in [-0.2, -0.15) is 0 Å². The lowest BCUT2D eigenvalue weighted by Crippen LogP contribution is -1.79. The summed E-state index contributed by atoms with van der Waals surface area (Å²) in [5, 5.41) is 9.74. The van der Waals surface area contributed by atoms with Crippen LogP contribution in [0.2, 0.25) is 0 Å². The van der Waals surface area contributed by atoms with E-state index in [1.165, 1.54) is 0 Å². The van der Waals surface area contributed by atoms with Gasteiger partial charge in [0.25, 0.3) is 0 Å². The zero-order chi connectivity index (χ0) is 9.97. The van der Waals surface area contributed by atoms with E-state index in [0.29, 0.717) is 5.75 Å². The van der Waals surface area contributed by atoms with E-state index in [9.17, 15) is 5.11 Å². The zero-order valence-electron chi connectivity index (χ0n) is 7.44. The van der Waals surface area contributed by atoms with Crippen LogP contribution in [0.5, 0.6) is 5.75 Å². The maximum absolute atomic E-state index is 9.74. The number of halogens is 1. The Morgan fingerprint density at radius 2 is 1.64 bits per heavy atom. The third-order valence-electron chi connectivity index (χ3n) is 2.04. The molecule has 14 heavy (non-hydrogen) atoms. The van der Waals surface area contributed by atoms with Crippen LogP contribution in [-0.4, -0.2) is 5.11 Å². The molecule has 0 heterocycles. The molecule has 0 saturated heterocycles. The van der Waals surface area contributed by atoms with Crippen molar-refractivity contribution >= 4 is 22.6 Å². The lowest BCUT2D eigenvalue weighted by molar-refractivity contribution is 0.477. The van der Waals surface area contributed by atoms with Crippen molar-refractivity contribution in [1.29, 1.82) is 0 Å². The minimum Gasteiger partial charge on any atom is -0.507 e. The highest BCUT2D eigenvalue weighted by molar-refractivity contribution is 14.1. The third-order valence-corrected chi connectivity index (χ3v) is 2.72. The summed E-state index contributed by atoms with van der Waals surface area (Å²) in [5.74, 6) is 0.336. The Hall–Kier alpha value is -1.03. The van der Waals surface area contributed by atoms with Crippen molar-refractivity contribution < 1.29 is 5.11 Å². The van der Waals surface area contributed by atoms with Crippen molar-refractivity contribution in [2.45, 2.75) is 0 Å². The molecule has 0 aliphatic carbocycles. The van der Waals surface area contributed by atoms with E-state index in [-0.39, 0.29) is 0 Å². The predicted molar refractivity (Wildman–Crippen MR) is 66.3 cm³/mol. The summed E-state index contributed by atoms with van der Waals surface area (Å²) >= 11 is 2.18. The largest absolute Gasteiger partial charge is 0.507 e. The fourth-order valence-electron chi connectivity index (χ4n) is 1.37. The molecule has 1 N–H and O–H groups in total. The molecule has 0 spiro atoms. The van der Waals surface area contributed by atoms with Crippen molar-refractivity contribution in [2.24, 2.45) is 0 Å². The van der Waals surface area contributed by atoms with Crippen LogP contribution < -0.4 is 0 Å². The van der Waals surface area contributed by atoms with E-state index in [4.69, 9.17) is 0 Å². The van der Waals surface area contributed by atoms with Gasteiger partial charge in [0.2, 0.25) is 0 Å². The maximum Gasteiger partial charge on any atom is 0.124 e. The highest BCUT2D eigenvalue weighted by atomic mass is 127. The second-order valence-corrected chi connectivity index (χ2v) is 4.27. The van der Waals surface area contributed by atoms with Gasteiger partial charge in [0.1, 0.15) is 5.75 Å². The van der Waals surface area contributed by atoms with Gasteiger partial charge in [0.15, 0.2) is 0 Å². The van der Waals surface area contributed by atoms with Crippen LogP contribution in [-0.2, 0) is 0 Å². The summed E-state index contributed by atoms with van der Waals surface area (Å²) in [4.78, 5) is 0. The molecule has 0 amide bonds. The lowest BCUT2D eigenvalue weighted by atomic mass is 10.1. The van der Waals surface area contributed by atoms with Crippen LogP contribution in [0.25, 0.3) is 11.1 Å². The van der Waals surface area contributed by atoms with E-state index >= 15 is 0 Å². The number of aromatic hydroxyl groups is 1. The van der Waals surface area contributed by atoms with Gasteiger partial charge in [-0.3, -0.25) is 0 Å². The summed E-state index contributed by atoms with van der Waals surface area (Å²) in [6.07, 6.45) is 0. The van der Waals surface area contributed by atoms with Gasteiger partial charge in [-0.1, -0.05) is 30.3 Å². The monoisotopic (exact) mass is 296 g/mol. The van der Waals surface area contributed by atoms with Crippen molar-refractivity contribution in [1.82, 2.24) is 0 Å². The van der Waals surface area contributed by atoms with Gasteiger partial charge in [-0.25, -0.2) is 0 Å². The van der Waals surface area contributed by atoms with E-state index < -0.39 is 0 Å². The number of phenols is 1. The predicted octanol–water partition coefficient (Wildman–Crippen LogP) is 3.66. The SMILES string of the molecule is Oc1cc(I)ccc1-c1ccccc1. The van der Waals surface area contributed by atoms with Crippen LogP contribution in [0.4, 0.5) is 0 Å². The molecule has 1 nitrogen and oxygen atoms in total. The standard InChI is InChI=1S/C12H9IO/c13-10-6-7-11(12(14)8-10)9-4-2-1-3-5-9/h1-8,14H. The normalized spacial score (nSPS) is 10.1. The van der Waals surface area contributed by atoms with Crippen molar-refractivity contribution in [2.75, 3.05) is 0 Å². The zero-order valence-corrected chi connectivity index (χ0v) is 9.60. The smallest absolute Gasteiger partial charge is 0.124 e. The van der Waals surface area contributed by atoms with Crippen molar-refractivity contribution in [3.8, 4) is 16.9 Å². The molecule has 2 aromatic carbocycles. The van der Waals surface area contributed by atoms with E-state index in [2.05, 4.69) is 22.6 Å². The fourth-order valence-corrected chi connectivity index (χ4v) is 1.84. The van der Waals surface area contributed by atoms with E-state index in [0.717, 1.165) is 14.7 Å². The summed E-state index contributed by atoms with van der Waals surface area (Å²) < 4.78 is 1.04. The Labute approximate surface area is 96.5 Å². The summed E-state index contributed by atoms with van der Waals surface area (Å²) in [6, 6.07) is 15.6. The minimum absolute atomic E-state index is 0.336. The molecule has 2 aromatic rings. The highest BCUT2D eigenvalue weighted by Gasteiger charge is 2.02. The first kappa shape index (κ1) is 9.52. The van der Waals surface area contributed by atoms with Gasteiger partial charge >= 0.3 is 0 Å². The molecular formula is C12H9IO. The first-order chi connectivity index (χ1) is 6.77. The molecule has 0 aromatic heterocycles. The Morgan fingerprint density at radius 3 is 2.29 bits per heavy atom. The first-order valence-corrected chi connectivity index (χ1v) is 5.39.